The fourth-order valence-electron chi connectivity index (χ4n) is 1.93. The Hall–Kier alpha value is -2.09. The molecule has 2 aromatic carbocycles. The van der Waals surface area contributed by atoms with Gasteiger partial charge in [0.25, 0.3) is 0 Å². The summed E-state index contributed by atoms with van der Waals surface area (Å²) in [6.07, 6.45) is 1.18. The van der Waals surface area contributed by atoms with Gasteiger partial charge in [0, 0.05) is 0 Å². The highest BCUT2D eigenvalue weighted by Gasteiger charge is 2.04. The molecule has 0 atom stereocenters. The standard InChI is InChI=1S/C17H18NO/c1-14-7-5-6-10-16(14)13-17(19)18-12-11-15-8-3-2-4-9-15/h2-10,12H,11,13H2,1H3,(H,18,19). The van der Waals surface area contributed by atoms with E-state index in [2.05, 4.69) is 5.32 Å². The second kappa shape index (κ2) is 6.74. The molecule has 2 heteroatoms. The van der Waals surface area contributed by atoms with E-state index in [1.165, 1.54) is 5.56 Å². The van der Waals surface area contributed by atoms with Crippen LogP contribution in [0.1, 0.15) is 16.7 Å². The van der Waals surface area contributed by atoms with Gasteiger partial charge in [0.1, 0.15) is 0 Å². The average Bonchev–Trinajstić information content (AvgIpc) is 2.43. The van der Waals surface area contributed by atoms with Gasteiger partial charge in [-0.15, -0.1) is 0 Å². The van der Waals surface area contributed by atoms with Gasteiger partial charge >= 0.3 is 0 Å². The van der Waals surface area contributed by atoms with E-state index in [4.69, 9.17) is 0 Å². The number of carbonyl (C=O) groups excluding carboxylic acids is 1. The van der Waals surface area contributed by atoms with Gasteiger partial charge in [-0.1, -0.05) is 54.6 Å². The smallest absolute Gasteiger partial charge is 0.224 e. The Balaban J connectivity index is 1.78. The normalized spacial score (nSPS) is 10.2. The zero-order valence-electron chi connectivity index (χ0n) is 11.1. The van der Waals surface area contributed by atoms with E-state index in [0.717, 1.165) is 17.5 Å². The number of hydrogen-bond acceptors (Lipinski definition) is 1. The fraction of sp³-hybridized carbons (Fsp3) is 0.176. The molecule has 1 amide bonds. The van der Waals surface area contributed by atoms with Gasteiger partial charge in [0.15, 0.2) is 0 Å². The van der Waals surface area contributed by atoms with E-state index < -0.39 is 0 Å². The molecule has 0 saturated heterocycles. The Morgan fingerprint density at radius 3 is 2.47 bits per heavy atom. The maximum Gasteiger partial charge on any atom is 0.224 e. The number of carbonyl (C=O) groups is 1. The molecule has 0 aliphatic carbocycles. The lowest BCUT2D eigenvalue weighted by molar-refractivity contribution is -0.119. The number of rotatable bonds is 5. The van der Waals surface area contributed by atoms with Crippen molar-refractivity contribution in [3.63, 3.8) is 0 Å². The summed E-state index contributed by atoms with van der Waals surface area (Å²) in [4.78, 5) is 11.8. The summed E-state index contributed by atoms with van der Waals surface area (Å²) in [5.41, 5.74) is 3.42. The lowest BCUT2D eigenvalue weighted by Crippen LogP contribution is -2.23. The van der Waals surface area contributed by atoms with Crippen molar-refractivity contribution in [1.29, 1.82) is 0 Å². The second-order valence-corrected chi connectivity index (χ2v) is 4.56. The molecule has 2 aromatic rings. The monoisotopic (exact) mass is 252 g/mol. The number of aryl methyl sites for hydroxylation is 1. The molecule has 0 aromatic heterocycles. The highest BCUT2D eigenvalue weighted by Crippen LogP contribution is 2.07. The molecule has 1 radical (unpaired) electrons. The highest BCUT2D eigenvalue weighted by atomic mass is 16.1. The van der Waals surface area contributed by atoms with Crippen LogP contribution < -0.4 is 5.32 Å². The van der Waals surface area contributed by atoms with Crippen LogP contribution in [0.2, 0.25) is 0 Å². The van der Waals surface area contributed by atoms with Crippen LogP contribution in [0, 0.1) is 13.5 Å². The predicted octanol–water partition coefficient (Wildman–Crippen LogP) is 3.06. The molecule has 97 valence electrons. The van der Waals surface area contributed by atoms with Gasteiger partial charge in [0.05, 0.1) is 13.0 Å². The van der Waals surface area contributed by atoms with Crippen LogP contribution in [0.25, 0.3) is 0 Å². The van der Waals surface area contributed by atoms with Crippen molar-refractivity contribution < 1.29 is 4.79 Å². The first-order valence-corrected chi connectivity index (χ1v) is 6.45. The molecule has 0 heterocycles. The number of amides is 1. The quantitative estimate of drug-likeness (QED) is 0.870. The molecule has 0 saturated carbocycles. The third kappa shape index (κ3) is 4.25. The topological polar surface area (TPSA) is 29.1 Å². The molecule has 19 heavy (non-hydrogen) atoms. The summed E-state index contributed by atoms with van der Waals surface area (Å²) in [5.74, 6) is 0.0326. The summed E-state index contributed by atoms with van der Waals surface area (Å²) in [6.45, 7) is 3.84. The van der Waals surface area contributed by atoms with E-state index >= 15 is 0 Å². The molecule has 1 N–H and O–H groups in total. The van der Waals surface area contributed by atoms with E-state index in [1.807, 2.05) is 68.1 Å². The Morgan fingerprint density at radius 1 is 1.05 bits per heavy atom. The average molecular weight is 252 g/mol. The number of hydrogen-bond donors (Lipinski definition) is 1. The molecule has 2 rings (SSSR count). The molecule has 2 nitrogen and oxygen atoms in total. The van der Waals surface area contributed by atoms with Crippen molar-refractivity contribution in [2.75, 3.05) is 0 Å². The van der Waals surface area contributed by atoms with E-state index in [9.17, 15) is 4.79 Å². The Labute approximate surface area is 114 Å². The van der Waals surface area contributed by atoms with Crippen LogP contribution in [0.15, 0.2) is 54.6 Å². The van der Waals surface area contributed by atoms with Crippen LogP contribution >= 0.6 is 0 Å². The lowest BCUT2D eigenvalue weighted by atomic mass is 10.1. The molecular weight excluding hydrogens is 234 g/mol. The van der Waals surface area contributed by atoms with Crippen LogP contribution in [0.4, 0.5) is 0 Å². The summed E-state index contributed by atoms with van der Waals surface area (Å²) in [6, 6.07) is 18.0. The van der Waals surface area contributed by atoms with Crippen molar-refractivity contribution >= 4 is 5.91 Å². The van der Waals surface area contributed by atoms with Gasteiger partial charge in [-0.3, -0.25) is 4.79 Å². The SMILES string of the molecule is Cc1ccccc1CC(=O)N[CH]Cc1ccccc1. The number of benzene rings is 2. The zero-order chi connectivity index (χ0) is 13.5. The van der Waals surface area contributed by atoms with Gasteiger partial charge in [-0.25, -0.2) is 0 Å². The third-order valence-electron chi connectivity index (χ3n) is 3.06. The van der Waals surface area contributed by atoms with Gasteiger partial charge < -0.3 is 5.32 Å². The summed E-state index contributed by atoms with van der Waals surface area (Å²) >= 11 is 0. The first-order valence-electron chi connectivity index (χ1n) is 6.45. The van der Waals surface area contributed by atoms with Crippen LogP contribution in [-0.2, 0) is 17.6 Å². The van der Waals surface area contributed by atoms with Gasteiger partial charge in [-0.2, -0.15) is 0 Å². The molecule has 0 bridgehead atoms. The van der Waals surface area contributed by atoms with Crippen molar-refractivity contribution in [3.8, 4) is 0 Å². The summed E-state index contributed by atoms with van der Waals surface area (Å²) < 4.78 is 0. The Kier molecular flexibility index (Phi) is 4.73. The Bertz CT molecular complexity index is 534. The minimum Gasteiger partial charge on any atom is -0.351 e. The predicted molar refractivity (Wildman–Crippen MR) is 77.5 cm³/mol. The molecule has 0 fully saturated rings. The maximum atomic E-state index is 11.8. The minimum atomic E-state index is 0.0326. The minimum absolute atomic E-state index is 0.0326. The highest BCUT2D eigenvalue weighted by molar-refractivity contribution is 5.79. The first-order chi connectivity index (χ1) is 9.25. The first kappa shape index (κ1) is 13.3. The van der Waals surface area contributed by atoms with Crippen LogP contribution in [-0.4, -0.2) is 5.91 Å². The zero-order valence-corrected chi connectivity index (χ0v) is 11.1. The lowest BCUT2D eigenvalue weighted by Gasteiger charge is -2.07. The van der Waals surface area contributed by atoms with Crippen molar-refractivity contribution in [3.05, 3.63) is 77.8 Å². The third-order valence-corrected chi connectivity index (χ3v) is 3.06. The van der Waals surface area contributed by atoms with E-state index in [-0.39, 0.29) is 5.91 Å². The summed E-state index contributed by atoms with van der Waals surface area (Å²) in [7, 11) is 0. The number of nitrogens with one attached hydrogen (secondary N) is 1. The molecule has 0 unspecified atom stereocenters. The van der Waals surface area contributed by atoms with Crippen LogP contribution in [0.5, 0.6) is 0 Å². The van der Waals surface area contributed by atoms with Crippen molar-refractivity contribution in [2.45, 2.75) is 19.8 Å². The molecular formula is C17H18NO. The Morgan fingerprint density at radius 2 is 1.74 bits per heavy atom. The molecule has 0 spiro atoms. The van der Waals surface area contributed by atoms with Crippen molar-refractivity contribution in [1.82, 2.24) is 5.32 Å². The molecule has 0 aliphatic heterocycles. The molecule has 0 aliphatic rings. The summed E-state index contributed by atoms with van der Waals surface area (Å²) in [5, 5.41) is 2.84. The fourth-order valence-corrected chi connectivity index (χ4v) is 1.93. The van der Waals surface area contributed by atoms with Gasteiger partial charge in [0.2, 0.25) is 5.91 Å². The largest absolute Gasteiger partial charge is 0.351 e. The van der Waals surface area contributed by atoms with Crippen LogP contribution in [0.3, 0.4) is 0 Å². The van der Waals surface area contributed by atoms with E-state index in [0.29, 0.717) is 6.42 Å². The van der Waals surface area contributed by atoms with E-state index in [1.54, 1.807) is 0 Å². The van der Waals surface area contributed by atoms with Crippen molar-refractivity contribution in [2.24, 2.45) is 0 Å². The second-order valence-electron chi connectivity index (χ2n) is 4.56. The van der Waals surface area contributed by atoms with Gasteiger partial charge in [-0.05, 0) is 30.0 Å². The maximum absolute atomic E-state index is 11.8.